The van der Waals surface area contributed by atoms with Crippen molar-refractivity contribution in [1.82, 2.24) is 14.4 Å². The average molecular weight is 371 g/mol. The van der Waals surface area contributed by atoms with E-state index < -0.39 is 0 Å². The van der Waals surface area contributed by atoms with Crippen LogP contribution in [0.5, 0.6) is 0 Å². The maximum Gasteiger partial charge on any atom is 0.146 e. The normalized spacial score (nSPS) is 17.0. The Bertz CT molecular complexity index is 968. The molecule has 0 saturated carbocycles. The zero-order chi connectivity index (χ0) is 18.5. The Morgan fingerprint density at radius 3 is 2.65 bits per heavy atom. The average Bonchev–Trinajstić information content (AvgIpc) is 3.07. The standard InChI is InChI=1S/C19H23ClN6/c1-12-11-14(25-8-4-19(2,22)5-9-25)26-10-7-24-18(26)15(12)13-3-6-23-17(21)16(13)20/h3,6-7,10-11H,4-5,8-9,22H2,1-2H3,(H2,21,23). The molecule has 0 radical (unpaired) electrons. The molecule has 4 N–H and O–H groups in total. The minimum absolute atomic E-state index is 0.0817. The topological polar surface area (TPSA) is 85.5 Å². The number of nitrogens with two attached hydrogens (primary N) is 2. The van der Waals surface area contributed by atoms with Crippen molar-refractivity contribution >= 4 is 28.9 Å². The smallest absolute Gasteiger partial charge is 0.146 e. The second-order valence-corrected chi connectivity index (χ2v) is 7.76. The van der Waals surface area contributed by atoms with Crippen LogP contribution in [0.3, 0.4) is 0 Å². The summed E-state index contributed by atoms with van der Waals surface area (Å²) in [6.45, 7) is 6.07. The van der Waals surface area contributed by atoms with E-state index in [1.807, 2.05) is 18.5 Å². The van der Waals surface area contributed by atoms with Crippen LogP contribution in [0.15, 0.2) is 30.7 Å². The molecule has 3 aromatic heterocycles. The first kappa shape index (κ1) is 17.1. The van der Waals surface area contributed by atoms with E-state index in [1.165, 1.54) is 0 Å². The van der Waals surface area contributed by atoms with Crippen molar-refractivity contribution in [3.05, 3.63) is 41.3 Å². The van der Waals surface area contributed by atoms with Crippen LogP contribution in [0, 0.1) is 6.92 Å². The number of pyridine rings is 2. The quantitative estimate of drug-likeness (QED) is 0.723. The highest BCUT2D eigenvalue weighted by atomic mass is 35.5. The minimum atomic E-state index is -0.0817. The van der Waals surface area contributed by atoms with E-state index in [2.05, 4.69) is 39.2 Å². The van der Waals surface area contributed by atoms with E-state index in [0.29, 0.717) is 10.8 Å². The van der Waals surface area contributed by atoms with Gasteiger partial charge in [0.15, 0.2) is 0 Å². The summed E-state index contributed by atoms with van der Waals surface area (Å²) in [5.41, 5.74) is 15.9. The summed E-state index contributed by atoms with van der Waals surface area (Å²) in [4.78, 5) is 11.0. The van der Waals surface area contributed by atoms with Gasteiger partial charge >= 0.3 is 0 Å². The molecule has 1 fully saturated rings. The molecule has 6 nitrogen and oxygen atoms in total. The maximum atomic E-state index is 6.44. The predicted octanol–water partition coefficient (Wildman–Crippen LogP) is 3.26. The van der Waals surface area contributed by atoms with E-state index in [1.54, 1.807) is 6.20 Å². The second kappa shape index (κ2) is 6.14. The van der Waals surface area contributed by atoms with Gasteiger partial charge in [0.2, 0.25) is 0 Å². The summed E-state index contributed by atoms with van der Waals surface area (Å²) in [6.07, 6.45) is 7.42. The Morgan fingerprint density at radius 1 is 1.19 bits per heavy atom. The van der Waals surface area contributed by atoms with Crippen LogP contribution in [0.4, 0.5) is 11.6 Å². The van der Waals surface area contributed by atoms with Crippen molar-refractivity contribution in [2.45, 2.75) is 32.2 Å². The zero-order valence-corrected chi connectivity index (χ0v) is 15.8. The molecule has 0 spiro atoms. The van der Waals surface area contributed by atoms with Crippen LogP contribution < -0.4 is 16.4 Å². The Hall–Kier alpha value is -2.31. The number of nitrogen functional groups attached to an aromatic ring is 1. The molecule has 0 aromatic carbocycles. The molecule has 4 rings (SSSR count). The van der Waals surface area contributed by atoms with Crippen molar-refractivity contribution < 1.29 is 0 Å². The molecular weight excluding hydrogens is 348 g/mol. The lowest BCUT2D eigenvalue weighted by Crippen LogP contribution is -2.48. The van der Waals surface area contributed by atoms with Crippen LogP contribution in [0.1, 0.15) is 25.3 Å². The number of aryl methyl sites for hydroxylation is 1. The summed E-state index contributed by atoms with van der Waals surface area (Å²) in [5.74, 6) is 1.46. The molecule has 0 amide bonds. The number of fused-ring (bicyclic) bond motifs is 1. The van der Waals surface area contributed by atoms with Gasteiger partial charge in [0, 0.05) is 48.3 Å². The highest BCUT2D eigenvalue weighted by Crippen LogP contribution is 2.38. The van der Waals surface area contributed by atoms with Gasteiger partial charge in [-0.05, 0) is 44.4 Å². The fourth-order valence-corrected chi connectivity index (χ4v) is 3.87. The van der Waals surface area contributed by atoms with Crippen LogP contribution in [-0.2, 0) is 0 Å². The SMILES string of the molecule is Cc1cc(N2CCC(C)(N)CC2)n2ccnc2c1-c1ccnc(N)c1Cl. The van der Waals surface area contributed by atoms with Crippen LogP contribution in [-0.4, -0.2) is 33.0 Å². The summed E-state index contributed by atoms with van der Waals surface area (Å²) < 4.78 is 2.12. The Balaban J connectivity index is 1.85. The first-order valence-corrected chi connectivity index (χ1v) is 9.16. The monoisotopic (exact) mass is 370 g/mol. The molecule has 0 atom stereocenters. The fourth-order valence-electron chi connectivity index (χ4n) is 3.66. The molecule has 26 heavy (non-hydrogen) atoms. The number of halogens is 1. The van der Waals surface area contributed by atoms with Gasteiger partial charge in [-0.25, -0.2) is 9.97 Å². The molecule has 1 aliphatic heterocycles. The molecule has 7 heteroatoms. The van der Waals surface area contributed by atoms with Gasteiger partial charge in [-0.1, -0.05) is 11.6 Å². The third kappa shape index (κ3) is 2.79. The molecule has 0 unspecified atom stereocenters. The van der Waals surface area contributed by atoms with E-state index in [4.69, 9.17) is 23.1 Å². The van der Waals surface area contributed by atoms with E-state index in [-0.39, 0.29) is 5.54 Å². The lowest BCUT2D eigenvalue weighted by molar-refractivity contribution is 0.362. The number of hydrogen-bond acceptors (Lipinski definition) is 5. The molecule has 0 aliphatic carbocycles. The van der Waals surface area contributed by atoms with Crippen LogP contribution in [0.25, 0.3) is 16.8 Å². The lowest BCUT2D eigenvalue weighted by atomic mass is 9.91. The van der Waals surface area contributed by atoms with E-state index in [9.17, 15) is 0 Å². The summed E-state index contributed by atoms with van der Waals surface area (Å²) in [6, 6.07) is 4.08. The molecule has 1 aliphatic rings. The third-order valence-corrected chi connectivity index (χ3v) is 5.66. The highest BCUT2D eigenvalue weighted by Gasteiger charge is 2.27. The molecule has 3 aromatic rings. The highest BCUT2D eigenvalue weighted by molar-refractivity contribution is 6.35. The number of aromatic nitrogens is 3. The van der Waals surface area contributed by atoms with Crippen molar-refractivity contribution in [3.8, 4) is 11.1 Å². The molecule has 136 valence electrons. The van der Waals surface area contributed by atoms with E-state index >= 15 is 0 Å². The molecule has 1 saturated heterocycles. The molecular formula is C19H23ClN6. The third-order valence-electron chi connectivity index (χ3n) is 5.27. The Labute approximate surface area is 157 Å². The summed E-state index contributed by atoms with van der Waals surface area (Å²) >= 11 is 6.44. The van der Waals surface area contributed by atoms with Crippen molar-refractivity contribution in [2.24, 2.45) is 5.73 Å². The zero-order valence-electron chi connectivity index (χ0n) is 15.0. The van der Waals surface area contributed by atoms with Gasteiger partial charge in [-0.15, -0.1) is 0 Å². The number of rotatable bonds is 2. The van der Waals surface area contributed by atoms with E-state index in [0.717, 1.165) is 54.1 Å². The minimum Gasteiger partial charge on any atom is -0.382 e. The van der Waals surface area contributed by atoms with Crippen molar-refractivity contribution in [1.29, 1.82) is 0 Å². The van der Waals surface area contributed by atoms with Gasteiger partial charge < -0.3 is 16.4 Å². The summed E-state index contributed by atoms with van der Waals surface area (Å²) in [7, 11) is 0. The van der Waals surface area contributed by atoms with Crippen LogP contribution in [0.2, 0.25) is 5.02 Å². The van der Waals surface area contributed by atoms with Gasteiger partial charge in [0.05, 0.1) is 5.02 Å². The largest absolute Gasteiger partial charge is 0.382 e. The predicted molar refractivity (Wildman–Crippen MR) is 107 cm³/mol. The van der Waals surface area contributed by atoms with Gasteiger partial charge in [-0.2, -0.15) is 0 Å². The first-order chi connectivity index (χ1) is 12.4. The van der Waals surface area contributed by atoms with Crippen molar-refractivity contribution in [3.63, 3.8) is 0 Å². The van der Waals surface area contributed by atoms with Gasteiger partial charge in [0.25, 0.3) is 0 Å². The molecule has 4 heterocycles. The second-order valence-electron chi connectivity index (χ2n) is 7.38. The number of hydrogen-bond donors (Lipinski definition) is 2. The number of anilines is 2. The van der Waals surface area contributed by atoms with Gasteiger partial charge in [-0.3, -0.25) is 4.40 Å². The number of piperidine rings is 1. The lowest BCUT2D eigenvalue weighted by Gasteiger charge is -2.38. The number of imidazole rings is 1. The summed E-state index contributed by atoms with van der Waals surface area (Å²) in [5, 5.41) is 0.463. The number of nitrogens with zero attached hydrogens (tertiary/aromatic N) is 4. The Morgan fingerprint density at radius 2 is 1.92 bits per heavy atom. The van der Waals surface area contributed by atoms with Crippen LogP contribution >= 0.6 is 11.6 Å². The Kier molecular flexibility index (Phi) is 4.04. The fraction of sp³-hybridized carbons (Fsp3) is 0.368. The first-order valence-electron chi connectivity index (χ1n) is 8.78. The maximum absolute atomic E-state index is 6.44. The van der Waals surface area contributed by atoms with Crippen molar-refractivity contribution in [2.75, 3.05) is 23.7 Å². The van der Waals surface area contributed by atoms with Gasteiger partial charge in [0.1, 0.15) is 17.3 Å². The molecule has 0 bridgehead atoms.